The summed E-state index contributed by atoms with van der Waals surface area (Å²) in [4.78, 5) is 24.5. The molecule has 0 radical (unpaired) electrons. The fourth-order valence-electron chi connectivity index (χ4n) is 1.30. The Bertz CT molecular complexity index is 474. The first-order chi connectivity index (χ1) is 8.45. The maximum atomic E-state index is 12.0. The van der Waals surface area contributed by atoms with Gasteiger partial charge in [0, 0.05) is 10.8 Å². The number of halogens is 1. The van der Waals surface area contributed by atoms with Crippen molar-refractivity contribution in [3.63, 3.8) is 0 Å². The molecule has 3 nitrogen and oxygen atoms in total. The summed E-state index contributed by atoms with van der Waals surface area (Å²) in [5.74, 6) is -1.06. The summed E-state index contributed by atoms with van der Waals surface area (Å²) < 4.78 is 5.51. The highest BCUT2D eigenvalue weighted by atomic mass is 35.5. The average molecular weight is 287 g/mol. The smallest absolute Gasteiger partial charge is 0.341 e. The van der Waals surface area contributed by atoms with Crippen molar-refractivity contribution in [1.29, 1.82) is 0 Å². The Balaban J connectivity index is 3.07. The number of carbonyl (C=O) groups is 2. The molecule has 0 unspecified atom stereocenters. The maximum Gasteiger partial charge on any atom is 0.341 e. The molecule has 0 aliphatic heterocycles. The van der Waals surface area contributed by atoms with Crippen molar-refractivity contribution in [3.8, 4) is 0 Å². The minimum atomic E-state index is -0.583. The number of ether oxygens (including phenoxy) is 1. The van der Waals surface area contributed by atoms with Crippen LogP contribution in [0.3, 0.4) is 0 Å². The van der Waals surface area contributed by atoms with Crippen LogP contribution >= 0.6 is 22.9 Å². The Morgan fingerprint density at radius 3 is 2.56 bits per heavy atom. The minimum absolute atomic E-state index is 0.0744. The van der Waals surface area contributed by atoms with Crippen molar-refractivity contribution in [2.75, 3.05) is 6.61 Å². The molecule has 0 N–H and O–H groups in total. The number of esters is 1. The summed E-state index contributed by atoms with van der Waals surface area (Å²) in [5.41, 5.74) is 0.0744. The summed E-state index contributed by atoms with van der Waals surface area (Å²) >= 11 is 7.12. The minimum Gasteiger partial charge on any atom is -0.462 e. The first-order valence-corrected chi connectivity index (χ1v) is 6.83. The molecule has 1 aromatic heterocycles. The molecular weight excluding hydrogens is 272 g/mol. The van der Waals surface area contributed by atoms with Gasteiger partial charge in [0.05, 0.1) is 10.9 Å². The van der Waals surface area contributed by atoms with Crippen LogP contribution < -0.4 is 0 Å². The van der Waals surface area contributed by atoms with Gasteiger partial charge in [0.1, 0.15) is 5.57 Å². The zero-order chi connectivity index (χ0) is 13.7. The standard InChI is InChI=1S/C13H15ClO3S/c1-4-17-13(16)10(12(15)8(2)3)7-9-5-6-11(14)18-9/h5-8H,4H2,1-3H3/b10-7+. The molecule has 0 bridgehead atoms. The van der Waals surface area contributed by atoms with E-state index in [-0.39, 0.29) is 23.9 Å². The maximum absolute atomic E-state index is 12.0. The molecule has 0 aromatic carbocycles. The summed E-state index contributed by atoms with van der Waals surface area (Å²) in [6.07, 6.45) is 1.54. The molecule has 5 heteroatoms. The summed E-state index contributed by atoms with van der Waals surface area (Å²) in [5, 5.41) is 0. The second-order valence-electron chi connectivity index (χ2n) is 3.94. The monoisotopic (exact) mass is 286 g/mol. The van der Waals surface area contributed by atoms with E-state index in [2.05, 4.69) is 0 Å². The van der Waals surface area contributed by atoms with Gasteiger partial charge in [0.2, 0.25) is 0 Å². The van der Waals surface area contributed by atoms with Crippen LogP contribution in [0.1, 0.15) is 25.6 Å². The summed E-state index contributed by atoms with van der Waals surface area (Å²) in [6, 6.07) is 3.49. The van der Waals surface area contributed by atoms with E-state index in [1.54, 1.807) is 32.9 Å². The van der Waals surface area contributed by atoms with Crippen molar-refractivity contribution < 1.29 is 14.3 Å². The SMILES string of the molecule is CCOC(=O)/C(=C/c1ccc(Cl)s1)C(=O)C(C)C. The Morgan fingerprint density at radius 2 is 2.11 bits per heavy atom. The van der Waals surface area contributed by atoms with Gasteiger partial charge in [-0.25, -0.2) is 4.79 Å². The molecule has 0 atom stereocenters. The molecule has 1 heterocycles. The summed E-state index contributed by atoms with van der Waals surface area (Å²) in [7, 11) is 0. The fourth-order valence-corrected chi connectivity index (χ4v) is 2.30. The fraction of sp³-hybridized carbons (Fsp3) is 0.385. The van der Waals surface area contributed by atoms with Crippen molar-refractivity contribution in [1.82, 2.24) is 0 Å². The first-order valence-electron chi connectivity index (χ1n) is 5.64. The lowest BCUT2D eigenvalue weighted by atomic mass is 10.0. The molecule has 0 aliphatic rings. The Labute approximate surface area is 115 Å². The average Bonchev–Trinajstić information content (AvgIpc) is 2.71. The van der Waals surface area contributed by atoms with Gasteiger partial charge in [-0.05, 0) is 25.1 Å². The third kappa shape index (κ3) is 3.96. The third-order valence-corrected chi connectivity index (χ3v) is 3.34. The van der Waals surface area contributed by atoms with Crippen molar-refractivity contribution in [2.24, 2.45) is 5.92 Å². The largest absolute Gasteiger partial charge is 0.462 e. The van der Waals surface area contributed by atoms with Crippen LogP contribution in [0.2, 0.25) is 4.34 Å². The van der Waals surface area contributed by atoms with E-state index in [9.17, 15) is 9.59 Å². The van der Waals surface area contributed by atoms with Crippen LogP contribution in [0.25, 0.3) is 6.08 Å². The lowest BCUT2D eigenvalue weighted by Crippen LogP contribution is -2.19. The quantitative estimate of drug-likeness (QED) is 0.360. The van der Waals surface area contributed by atoms with Crippen molar-refractivity contribution >= 4 is 40.8 Å². The van der Waals surface area contributed by atoms with Crippen LogP contribution in [0.4, 0.5) is 0 Å². The molecule has 0 amide bonds. The van der Waals surface area contributed by atoms with Crippen molar-refractivity contribution in [2.45, 2.75) is 20.8 Å². The second-order valence-corrected chi connectivity index (χ2v) is 5.69. The van der Waals surface area contributed by atoms with E-state index in [4.69, 9.17) is 16.3 Å². The van der Waals surface area contributed by atoms with Gasteiger partial charge >= 0.3 is 5.97 Å². The lowest BCUT2D eigenvalue weighted by molar-refractivity contribution is -0.140. The highest BCUT2D eigenvalue weighted by Gasteiger charge is 2.22. The van der Waals surface area contributed by atoms with E-state index in [0.29, 0.717) is 4.34 Å². The molecule has 0 spiro atoms. The second kappa shape index (κ2) is 6.71. The number of thiophene rings is 1. The first kappa shape index (κ1) is 14.9. The van der Waals surface area contributed by atoms with E-state index >= 15 is 0 Å². The van der Waals surface area contributed by atoms with Crippen LogP contribution in [0, 0.1) is 5.92 Å². The highest BCUT2D eigenvalue weighted by Crippen LogP contribution is 2.24. The highest BCUT2D eigenvalue weighted by molar-refractivity contribution is 7.17. The molecule has 0 saturated carbocycles. The zero-order valence-corrected chi connectivity index (χ0v) is 12.1. The molecule has 18 heavy (non-hydrogen) atoms. The van der Waals surface area contributed by atoms with Crippen LogP contribution in [0.5, 0.6) is 0 Å². The van der Waals surface area contributed by atoms with Crippen LogP contribution in [-0.4, -0.2) is 18.4 Å². The Hall–Kier alpha value is -1.13. The Morgan fingerprint density at radius 1 is 1.44 bits per heavy atom. The molecule has 0 saturated heterocycles. The summed E-state index contributed by atoms with van der Waals surface area (Å²) in [6.45, 7) is 5.44. The zero-order valence-electron chi connectivity index (χ0n) is 10.5. The van der Waals surface area contributed by atoms with Gasteiger partial charge in [0.25, 0.3) is 0 Å². The molecule has 0 fully saturated rings. The van der Waals surface area contributed by atoms with Gasteiger partial charge in [0.15, 0.2) is 5.78 Å². The number of carbonyl (C=O) groups excluding carboxylic acids is 2. The Kier molecular flexibility index (Phi) is 5.56. The van der Waals surface area contributed by atoms with Gasteiger partial charge in [-0.1, -0.05) is 25.4 Å². The van der Waals surface area contributed by atoms with Gasteiger partial charge < -0.3 is 4.74 Å². The molecule has 1 aromatic rings. The van der Waals surface area contributed by atoms with Gasteiger partial charge in [-0.3, -0.25) is 4.79 Å². The molecule has 1 rings (SSSR count). The number of hydrogen-bond donors (Lipinski definition) is 0. The number of rotatable bonds is 5. The molecule has 98 valence electrons. The van der Waals surface area contributed by atoms with E-state index in [1.165, 1.54) is 17.4 Å². The van der Waals surface area contributed by atoms with E-state index < -0.39 is 5.97 Å². The lowest BCUT2D eigenvalue weighted by Gasteiger charge is -2.08. The number of hydrogen-bond acceptors (Lipinski definition) is 4. The van der Waals surface area contributed by atoms with Gasteiger partial charge in [-0.15, -0.1) is 11.3 Å². The van der Waals surface area contributed by atoms with E-state index in [0.717, 1.165) is 4.88 Å². The topological polar surface area (TPSA) is 43.4 Å². The predicted octanol–water partition coefficient (Wildman–Crippen LogP) is 3.57. The number of ketones is 1. The van der Waals surface area contributed by atoms with E-state index in [1.807, 2.05) is 0 Å². The number of Topliss-reactive ketones (excluding diaryl/α,β-unsaturated/α-hetero) is 1. The van der Waals surface area contributed by atoms with Crippen molar-refractivity contribution in [3.05, 3.63) is 26.9 Å². The van der Waals surface area contributed by atoms with Gasteiger partial charge in [-0.2, -0.15) is 0 Å². The normalized spacial score (nSPS) is 11.7. The van der Waals surface area contributed by atoms with Crippen LogP contribution in [-0.2, 0) is 14.3 Å². The predicted molar refractivity (Wildman–Crippen MR) is 73.8 cm³/mol. The van der Waals surface area contributed by atoms with Crippen LogP contribution in [0.15, 0.2) is 17.7 Å². The molecule has 0 aliphatic carbocycles. The molecular formula is C13H15ClO3S. The third-order valence-electron chi connectivity index (χ3n) is 2.17.